The fraction of sp³-hybridized carbons (Fsp3) is 0.667. The number of nitrogens with two attached hydrogens (primary N) is 1. The molecule has 0 spiro atoms. The summed E-state index contributed by atoms with van der Waals surface area (Å²) in [7, 11) is 0. The SMILES string of the molecule is NC1CC2CCCC(C1)C2NC(=O)C1(c2ccccc2F)CCCC1. The number of amides is 1. The number of benzene rings is 1. The van der Waals surface area contributed by atoms with Gasteiger partial charge in [-0.15, -0.1) is 0 Å². The van der Waals surface area contributed by atoms with Crippen molar-refractivity contribution in [2.24, 2.45) is 17.6 Å². The Morgan fingerprint density at radius 1 is 1.08 bits per heavy atom. The van der Waals surface area contributed by atoms with E-state index in [1.165, 1.54) is 12.5 Å². The first-order valence-electron chi connectivity index (χ1n) is 9.92. The van der Waals surface area contributed by atoms with E-state index in [-0.39, 0.29) is 23.8 Å². The minimum absolute atomic E-state index is 0.0486. The van der Waals surface area contributed by atoms with Gasteiger partial charge in [0.2, 0.25) is 5.91 Å². The molecule has 0 radical (unpaired) electrons. The number of nitrogens with one attached hydrogen (secondary N) is 1. The molecule has 3 N–H and O–H groups in total. The van der Waals surface area contributed by atoms with Crippen LogP contribution in [-0.2, 0) is 10.2 Å². The lowest BCUT2D eigenvalue weighted by molar-refractivity contribution is -0.129. The average molecular weight is 344 g/mol. The average Bonchev–Trinajstić information content (AvgIpc) is 3.07. The maximum atomic E-state index is 14.5. The highest BCUT2D eigenvalue weighted by Crippen LogP contribution is 2.44. The summed E-state index contributed by atoms with van der Waals surface area (Å²) in [5.74, 6) is 0.786. The van der Waals surface area contributed by atoms with Gasteiger partial charge in [0.25, 0.3) is 0 Å². The third kappa shape index (κ3) is 2.99. The van der Waals surface area contributed by atoms with Crippen LogP contribution in [0.4, 0.5) is 4.39 Å². The molecule has 25 heavy (non-hydrogen) atoms. The summed E-state index contributed by atoms with van der Waals surface area (Å²) in [6, 6.07) is 7.34. The van der Waals surface area contributed by atoms with Crippen molar-refractivity contribution >= 4 is 5.91 Å². The van der Waals surface area contributed by atoms with Gasteiger partial charge in [-0.2, -0.15) is 0 Å². The number of carbonyl (C=O) groups excluding carboxylic acids is 1. The van der Waals surface area contributed by atoms with Crippen LogP contribution in [0.5, 0.6) is 0 Å². The van der Waals surface area contributed by atoms with Crippen molar-refractivity contribution in [1.82, 2.24) is 5.32 Å². The van der Waals surface area contributed by atoms with E-state index in [1.54, 1.807) is 12.1 Å². The van der Waals surface area contributed by atoms with Gasteiger partial charge in [-0.25, -0.2) is 4.39 Å². The van der Waals surface area contributed by atoms with E-state index < -0.39 is 5.41 Å². The number of fused-ring (bicyclic) bond motifs is 2. The minimum atomic E-state index is -0.681. The lowest BCUT2D eigenvalue weighted by atomic mass is 9.66. The Balaban J connectivity index is 1.59. The van der Waals surface area contributed by atoms with E-state index >= 15 is 0 Å². The second-order valence-electron chi connectivity index (χ2n) is 8.45. The van der Waals surface area contributed by atoms with Gasteiger partial charge in [-0.1, -0.05) is 37.5 Å². The van der Waals surface area contributed by atoms with Gasteiger partial charge < -0.3 is 11.1 Å². The molecule has 1 aromatic rings. The predicted molar refractivity (Wildman–Crippen MR) is 96.5 cm³/mol. The van der Waals surface area contributed by atoms with Crippen molar-refractivity contribution in [3.8, 4) is 0 Å². The van der Waals surface area contributed by atoms with E-state index in [0.29, 0.717) is 17.4 Å². The molecular formula is C21H29FN2O. The van der Waals surface area contributed by atoms with Gasteiger partial charge in [0.15, 0.2) is 0 Å². The molecule has 0 aliphatic heterocycles. The lowest BCUT2D eigenvalue weighted by Crippen LogP contribution is -2.57. The Bertz CT molecular complexity index is 627. The van der Waals surface area contributed by atoms with Gasteiger partial charge in [0, 0.05) is 17.6 Å². The van der Waals surface area contributed by atoms with Crippen molar-refractivity contribution in [2.45, 2.75) is 75.3 Å². The Morgan fingerprint density at radius 3 is 2.36 bits per heavy atom. The summed E-state index contributed by atoms with van der Waals surface area (Å²) >= 11 is 0. The molecule has 3 fully saturated rings. The molecule has 136 valence electrons. The third-order valence-corrected chi connectivity index (χ3v) is 6.96. The quantitative estimate of drug-likeness (QED) is 0.879. The first kappa shape index (κ1) is 17.0. The minimum Gasteiger partial charge on any atom is -0.352 e. The summed E-state index contributed by atoms with van der Waals surface area (Å²) < 4.78 is 14.5. The first-order valence-corrected chi connectivity index (χ1v) is 9.92. The van der Waals surface area contributed by atoms with E-state index in [2.05, 4.69) is 5.32 Å². The van der Waals surface area contributed by atoms with Crippen LogP contribution in [0.3, 0.4) is 0 Å². The Morgan fingerprint density at radius 2 is 1.72 bits per heavy atom. The van der Waals surface area contributed by atoms with Gasteiger partial charge in [-0.05, 0) is 56.4 Å². The molecule has 3 nitrogen and oxygen atoms in total. The monoisotopic (exact) mass is 344 g/mol. The molecular weight excluding hydrogens is 315 g/mol. The molecule has 4 rings (SSSR count). The smallest absolute Gasteiger partial charge is 0.230 e. The highest BCUT2D eigenvalue weighted by molar-refractivity contribution is 5.89. The third-order valence-electron chi connectivity index (χ3n) is 6.96. The van der Waals surface area contributed by atoms with Crippen LogP contribution >= 0.6 is 0 Å². The molecule has 1 amide bonds. The molecule has 3 aliphatic rings. The molecule has 2 atom stereocenters. The van der Waals surface area contributed by atoms with Crippen LogP contribution in [0, 0.1) is 17.7 Å². The summed E-state index contributed by atoms with van der Waals surface area (Å²) in [4.78, 5) is 13.4. The Hall–Kier alpha value is -1.42. The standard InChI is InChI=1S/C21H29FN2O/c22-18-9-2-1-8-17(18)21(10-3-4-11-21)20(25)24-19-14-6-5-7-15(19)13-16(23)12-14/h1-2,8-9,14-16,19H,3-7,10-13,23H2,(H,24,25). The second-order valence-corrected chi connectivity index (χ2v) is 8.45. The van der Waals surface area contributed by atoms with Gasteiger partial charge >= 0.3 is 0 Å². The fourth-order valence-corrected chi connectivity index (χ4v) is 5.76. The molecule has 3 saturated carbocycles. The largest absolute Gasteiger partial charge is 0.352 e. The van der Waals surface area contributed by atoms with Gasteiger partial charge in [0.1, 0.15) is 5.82 Å². The Kier molecular flexibility index (Phi) is 4.57. The number of hydrogen-bond donors (Lipinski definition) is 2. The summed E-state index contributed by atoms with van der Waals surface area (Å²) in [5, 5.41) is 3.39. The van der Waals surface area contributed by atoms with Crippen LogP contribution in [0.25, 0.3) is 0 Å². The van der Waals surface area contributed by atoms with Crippen molar-refractivity contribution in [3.05, 3.63) is 35.6 Å². The summed E-state index contributed by atoms with van der Waals surface area (Å²) in [5.41, 5.74) is 6.12. The van der Waals surface area contributed by atoms with Crippen LogP contribution in [-0.4, -0.2) is 18.0 Å². The van der Waals surface area contributed by atoms with E-state index in [4.69, 9.17) is 5.73 Å². The van der Waals surface area contributed by atoms with Crippen molar-refractivity contribution in [3.63, 3.8) is 0 Å². The number of rotatable bonds is 3. The molecule has 1 aromatic carbocycles. The van der Waals surface area contributed by atoms with Crippen LogP contribution in [0.2, 0.25) is 0 Å². The molecule has 0 saturated heterocycles. The highest BCUT2D eigenvalue weighted by Gasteiger charge is 2.47. The first-order chi connectivity index (χ1) is 12.1. The van der Waals surface area contributed by atoms with E-state index in [0.717, 1.165) is 51.4 Å². The number of carbonyl (C=O) groups is 1. The molecule has 2 bridgehead atoms. The number of halogens is 1. The topological polar surface area (TPSA) is 55.1 Å². The van der Waals surface area contributed by atoms with E-state index in [9.17, 15) is 9.18 Å². The molecule has 4 heteroatoms. The number of hydrogen-bond acceptors (Lipinski definition) is 2. The summed E-state index contributed by atoms with van der Waals surface area (Å²) in [6.45, 7) is 0. The molecule has 0 heterocycles. The van der Waals surface area contributed by atoms with Crippen LogP contribution in [0.15, 0.2) is 24.3 Å². The lowest BCUT2D eigenvalue weighted by Gasteiger charge is -2.46. The zero-order valence-corrected chi connectivity index (χ0v) is 14.8. The fourth-order valence-electron chi connectivity index (χ4n) is 5.76. The highest BCUT2D eigenvalue weighted by atomic mass is 19.1. The van der Waals surface area contributed by atoms with Crippen molar-refractivity contribution in [2.75, 3.05) is 0 Å². The van der Waals surface area contributed by atoms with Crippen LogP contribution < -0.4 is 11.1 Å². The normalized spacial score (nSPS) is 33.8. The zero-order chi connectivity index (χ0) is 17.4. The van der Waals surface area contributed by atoms with Crippen molar-refractivity contribution < 1.29 is 9.18 Å². The summed E-state index contributed by atoms with van der Waals surface area (Å²) in [6.07, 6.45) is 9.05. The maximum Gasteiger partial charge on any atom is 0.230 e. The van der Waals surface area contributed by atoms with Gasteiger partial charge in [0.05, 0.1) is 5.41 Å². The van der Waals surface area contributed by atoms with Crippen LogP contribution in [0.1, 0.15) is 63.4 Å². The second kappa shape index (κ2) is 6.71. The maximum absolute atomic E-state index is 14.5. The van der Waals surface area contributed by atoms with E-state index in [1.807, 2.05) is 6.07 Å². The van der Waals surface area contributed by atoms with Gasteiger partial charge in [-0.3, -0.25) is 4.79 Å². The predicted octanol–water partition coefficient (Wildman–Crippen LogP) is 3.66. The molecule has 0 aromatic heterocycles. The zero-order valence-electron chi connectivity index (χ0n) is 14.8. The molecule has 3 aliphatic carbocycles. The van der Waals surface area contributed by atoms with Crippen molar-refractivity contribution in [1.29, 1.82) is 0 Å². The molecule has 2 unspecified atom stereocenters. The Labute approximate surface area is 149 Å².